The second kappa shape index (κ2) is 10.1. The Kier molecular flexibility index (Phi) is 7.06. The van der Waals surface area contributed by atoms with E-state index in [0.29, 0.717) is 42.9 Å². The first-order chi connectivity index (χ1) is 18.5. The molecule has 0 amide bonds. The topological polar surface area (TPSA) is 74.2 Å². The predicted octanol–water partition coefficient (Wildman–Crippen LogP) is 6.53. The Labute approximate surface area is 222 Å². The summed E-state index contributed by atoms with van der Waals surface area (Å²) < 4.78 is 92.5. The second-order valence-corrected chi connectivity index (χ2v) is 11.5. The summed E-state index contributed by atoms with van der Waals surface area (Å²) in [7, 11) is -2.21. The SMILES string of the molecule is CN=S(=O)(NC1CCCC(N2c3ccccc3Oc3ccccc32)C1O)c1ccc(C(F)(F)C(F)(F)F)cc1. The van der Waals surface area contributed by atoms with E-state index in [9.17, 15) is 31.3 Å². The molecule has 2 aliphatic rings. The van der Waals surface area contributed by atoms with E-state index in [1.165, 1.54) is 7.05 Å². The number of benzene rings is 3. The van der Waals surface area contributed by atoms with Gasteiger partial charge in [-0.05, 0) is 55.7 Å². The quantitative estimate of drug-likeness (QED) is 0.344. The van der Waals surface area contributed by atoms with Crippen molar-refractivity contribution in [2.75, 3.05) is 11.9 Å². The molecule has 1 aliphatic carbocycles. The Morgan fingerprint density at radius 2 is 1.49 bits per heavy atom. The van der Waals surface area contributed by atoms with Gasteiger partial charge in [0, 0.05) is 18.7 Å². The van der Waals surface area contributed by atoms with Crippen LogP contribution < -0.4 is 14.4 Å². The summed E-state index contributed by atoms with van der Waals surface area (Å²) in [4.78, 5) is 1.94. The Hall–Kier alpha value is -3.22. The van der Waals surface area contributed by atoms with Gasteiger partial charge in [0.1, 0.15) is 9.92 Å². The first kappa shape index (κ1) is 27.4. The number of hydrogen-bond donors (Lipinski definition) is 2. The standard InChI is InChI=1S/C27H26F5N3O3S/c1-33-39(37,18-15-13-17(14-16-18)26(28,29)27(30,31)32)34-19-7-6-10-22(25(19)36)35-20-8-2-4-11-23(20)38-24-12-5-3-9-21(24)35/h2-5,8-9,11-16,19,22,25,36H,6-7,10H2,1H3,(H,33,34,37). The molecule has 1 aliphatic heterocycles. The number of halogens is 5. The van der Waals surface area contributed by atoms with E-state index in [-0.39, 0.29) is 4.90 Å². The highest BCUT2D eigenvalue weighted by molar-refractivity contribution is 7.91. The first-order valence-corrected chi connectivity index (χ1v) is 13.8. The van der Waals surface area contributed by atoms with Crippen LogP contribution in [0.5, 0.6) is 11.5 Å². The van der Waals surface area contributed by atoms with Gasteiger partial charge in [0.15, 0.2) is 11.5 Å². The van der Waals surface area contributed by atoms with E-state index in [1.807, 2.05) is 53.4 Å². The van der Waals surface area contributed by atoms with Crippen LogP contribution >= 0.6 is 0 Å². The van der Waals surface area contributed by atoms with Crippen LogP contribution in [0.25, 0.3) is 0 Å². The first-order valence-electron chi connectivity index (χ1n) is 12.3. The van der Waals surface area contributed by atoms with E-state index < -0.39 is 45.8 Å². The van der Waals surface area contributed by atoms with Gasteiger partial charge < -0.3 is 14.7 Å². The highest BCUT2D eigenvalue weighted by atomic mass is 32.2. The fraction of sp³-hybridized carbons (Fsp3) is 0.333. The molecule has 0 radical (unpaired) electrons. The number of alkyl halides is 5. The molecule has 6 nitrogen and oxygen atoms in total. The number of para-hydroxylation sites is 4. The van der Waals surface area contributed by atoms with E-state index in [1.54, 1.807) is 0 Å². The smallest absolute Gasteiger partial charge is 0.453 e. The zero-order chi connectivity index (χ0) is 28.0. The molecule has 2 N–H and O–H groups in total. The number of hydrogen-bond acceptors (Lipinski definition) is 5. The Morgan fingerprint density at radius 3 is 2.03 bits per heavy atom. The summed E-state index contributed by atoms with van der Waals surface area (Å²) in [6, 6.07) is 16.8. The molecule has 5 rings (SSSR count). The fourth-order valence-electron chi connectivity index (χ4n) is 5.10. The van der Waals surface area contributed by atoms with E-state index in [0.717, 1.165) is 23.5 Å². The van der Waals surface area contributed by atoms with Crippen LogP contribution in [0, 0.1) is 0 Å². The van der Waals surface area contributed by atoms with Gasteiger partial charge in [-0.3, -0.25) is 0 Å². The normalized spacial score (nSPS) is 22.7. The van der Waals surface area contributed by atoms with E-state index in [2.05, 4.69) is 9.08 Å². The number of fused-ring (bicyclic) bond motifs is 2. The van der Waals surface area contributed by atoms with Crippen molar-refractivity contribution in [2.45, 2.75) is 54.4 Å². The van der Waals surface area contributed by atoms with Gasteiger partial charge >= 0.3 is 12.1 Å². The van der Waals surface area contributed by atoms with Crippen LogP contribution in [0.15, 0.2) is 82.1 Å². The molecule has 12 heteroatoms. The van der Waals surface area contributed by atoms with Gasteiger partial charge in [0.05, 0.1) is 28.4 Å². The van der Waals surface area contributed by atoms with Gasteiger partial charge in [-0.15, -0.1) is 0 Å². The third-order valence-electron chi connectivity index (χ3n) is 7.08. The summed E-state index contributed by atoms with van der Waals surface area (Å²) in [6.45, 7) is 0. The number of nitrogens with zero attached hydrogens (tertiary/aromatic N) is 2. The highest BCUT2D eigenvalue weighted by Crippen LogP contribution is 2.49. The van der Waals surface area contributed by atoms with Gasteiger partial charge in [-0.2, -0.15) is 22.0 Å². The lowest BCUT2D eigenvalue weighted by Crippen LogP contribution is -2.56. The number of nitrogens with one attached hydrogen (secondary N) is 1. The number of rotatable bonds is 5. The lowest BCUT2D eigenvalue weighted by molar-refractivity contribution is -0.289. The average Bonchev–Trinajstić information content (AvgIpc) is 2.92. The van der Waals surface area contributed by atoms with Crippen molar-refractivity contribution >= 4 is 21.3 Å². The van der Waals surface area contributed by atoms with Gasteiger partial charge in [0.2, 0.25) is 0 Å². The summed E-state index contributed by atoms with van der Waals surface area (Å²) in [5, 5.41) is 11.5. The van der Waals surface area contributed by atoms with Crippen molar-refractivity contribution < 1.29 is 36.0 Å². The van der Waals surface area contributed by atoms with Gasteiger partial charge in [0.25, 0.3) is 0 Å². The second-order valence-electron chi connectivity index (χ2n) is 9.43. The molecule has 208 valence electrons. The molecule has 3 aromatic carbocycles. The van der Waals surface area contributed by atoms with Crippen molar-refractivity contribution in [1.82, 2.24) is 4.72 Å². The van der Waals surface area contributed by atoms with Crippen LogP contribution in [0.2, 0.25) is 0 Å². The van der Waals surface area contributed by atoms with Crippen molar-refractivity contribution in [3.05, 3.63) is 78.4 Å². The molecule has 39 heavy (non-hydrogen) atoms. The molecule has 0 bridgehead atoms. The van der Waals surface area contributed by atoms with Crippen molar-refractivity contribution in [3.63, 3.8) is 0 Å². The Morgan fingerprint density at radius 1 is 0.923 bits per heavy atom. The molecule has 3 aromatic rings. The molecule has 4 unspecified atom stereocenters. The highest BCUT2D eigenvalue weighted by Gasteiger charge is 2.58. The molecule has 1 fully saturated rings. The molecule has 1 heterocycles. The summed E-state index contributed by atoms with van der Waals surface area (Å²) in [5.41, 5.74) is 0.269. The fourth-order valence-corrected chi connectivity index (χ4v) is 6.73. The monoisotopic (exact) mass is 567 g/mol. The van der Waals surface area contributed by atoms with Crippen LogP contribution in [-0.4, -0.2) is 40.7 Å². The molecule has 0 saturated heterocycles. The van der Waals surface area contributed by atoms with Crippen LogP contribution in [0.1, 0.15) is 24.8 Å². The molecule has 0 spiro atoms. The molecular weight excluding hydrogens is 541 g/mol. The van der Waals surface area contributed by atoms with Crippen LogP contribution in [-0.2, 0) is 15.8 Å². The van der Waals surface area contributed by atoms with E-state index >= 15 is 0 Å². The lowest BCUT2D eigenvalue weighted by atomic mass is 9.86. The maximum absolute atomic E-state index is 13.8. The van der Waals surface area contributed by atoms with E-state index in [4.69, 9.17) is 4.74 Å². The number of ether oxygens (including phenoxy) is 1. The third kappa shape index (κ3) is 4.85. The predicted molar refractivity (Wildman–Crippen MR) is 137 cm³/mol. The molecule has 1 saturated carbocycles. The largest absolute Gasteiger partial charge is 0.458 e. The zero-order valence-electron chi connectivity index (χ0n) is 20.7. The third-order valence-corrected chi connectivity index (χ3v) is 9.13. The summed E-state index contributed by atoms with van der Waals surface area (Å²) in [6.07, 6.45) is -5.07. The van der Waals surface area contributed by atoms with Crippen molar-refractivity contribution in [3.8, 4) is 11.5 Å². The number of anilines is 2. The van der Waals surface area contributed by atoms with Crippen LogP contribution in [0.4, 0.5) is 33.3 Å². The number of aliphatic hydroxyl groups excluding tert-OH is 1. The maximum Gasteiger partial charge on any atom is 0.458 e. The summed E-state index contributed by atoms with van der Waals surface area (Å²) in [5.74, 6) is -3.80. The summed E-state index contributed by atoms with van der Waals surface area (Å²) >= 11 is 0. The van der Waals surface area contributed by atoms with Crippen molar-refractivity contribution in [1.29, 1.82) is 0 Å². The molecule has 0 aromatic heterocycles. The minimum Gasteiger partial charge on any atom is -0.453 e. The van der Waals surface area contributed by atoms with Gasteiger partial charge in [-0.25, -0.2) is 13.3 Å². The van der Waals surface area contributed by atoms with Gasteiger partial charge in [-0.1, -0.05) is 36.4 Å². The molecule has 4 atom stereocenters. The zero-order valence-corrected chi connectivity index (χ0v) is 21.6. The van der Waals surface area contributed by atoms with Crippen LogP contribution in [0.3, 0.4) is 0 Å². The maximum atomic E-state index is 13.8. The molecular formula is C27H26F5N3O3S. The number of aliphatic hydroxyl groups is 1. The lowest BCUT2D eigenvalue weighted by Gasteiger charge is -2.45. The Balaban J connectivity index is 1.43. The van der Waals surface area contributed by atoms with Crippen molar-refractivity contribution in [2.24, 2.45) is 4.36 Å². The minimum atomic E-state index is -5.76. The Bertz CT molecular complexity index is 1430. The average molecular weight is 568 g/mol. The minimum absolute atomic E-state index is 0.0666.